The number of rotatable bonds is 6. The minimum Gasteiger partial charge on any atom is -0.330 e. The maximum absolute atomic E-state index is 11.9. The summed E-state index contributed by atoms with van der Waals surface area (Å²) in [5.74, 6) is -0.0422. The third kappa shape index (κ3) is 5.57. The maximum atomic E-state index is 11.9. The first-order valence-corrected chi connectivity index (χ1v) is 6.84. The van der Waals surface area contributed by atoms with E-state index >= 15 is 0 Å². The number of pyridine rings is 1. The molecule has 0 saturated carbocycles. The third-order valence-electron chi connectivity index (χ3n) is 3.10. The SMILES string of the molecule is Cc1cnc(Cl)c(NC(=O)CCC(C)(C)CCN)c1. The summed E-state index contributed by atoms with van der Waals surface area (Å²) < 4.78 is 0. The van der Waals surface area contributed by atoms with Crippen LogP contribution in [0.3, 0.4) is 0 Å². The van der Waals surface area contributed by atoms with E-state index in [1.807, 2.05) is 13.0 Å². The van der Waals surface area contributed by atoms with Crippen LogP contribution in [0.5, 0.6) is 0 Å². The summed E-state index contributed by atoms with van der Waals surface area (Å²) in [6.45, 7) is 6.79. The molecule has 0 aliphatic heterocycles. The van der Waals surface area contributed by atoms with Crippen molar-refractivity contribution in [1.29, 1.82) is 0 Å². The Morgan fingerprint density at radius 1 is 1.47 bits per heavy atom. The van der Waals surface area contributed by atoms with Crippen LogP contribution in [0.4, 0.5) is 5.69 Å². The highest BCUT2D eigenvalue weighted by Gasteiger charge is 2.18. The molecule has 0 fully saturated rings. The fourth-order valence-corrected chi connectivity index (χ4v) is 1.97. The van der Waals surface area contributed by atoms with E-state index in [1.165, 1.54) is 0 Å². The van der Waals surface area contributed by atoms with Gasteiger partial charge in [-0.3, -0.25) is 4.79 Å². The maximum Gasteiger partial charge on any atom is 0.224 e. The Hall–Kier alpha value is -1.13. The summed E-state index contributed by atoms with van der Waals surface area (Å²) in [5.41, 5.74) is 7.17. The second kappa shape index (κ2) is 6.87. The molecular weight excluding hydrogens is 262 g/mol. The third-order valence-corrected chi connectivity index (χ3v) is 3.40. The van der Waals surface area contributed by atoms with Crippen molar-refractivity contribution in [2.75, 3.05) is 11.9 Å². The smallest absolute Gasteiger partial charge is 0.224 e. The first-order chi connectivity index (χ1) is 8.84. The van der Waals surface area contributed by atoms with E-state index in [0.717, 1.165) is 18.4 Å². The summed E-state index contributed by atoms with van der Waals surface area (Å²) >= 11 is 5.94. The molecule has 1 aromatic rings. The first-order valence-electron chi connectivity index (χ1n) is 6.46. The second-order valence-electron chi connectivity index (χ2n) is 5.60. The zero-order chi connectivity index (χ0) is 14.5. The molecule has 1 aromatic heterocycles. The average Bonchev–Trinajstić information content (AvgIpc) is 2.31. The Balaban J connectivity index is 2.54. The molecule has 0 atom stereocenters. The summed E-state index contributed by atoms with van der Waals surface area (Å²) in [6.07, 6.45) is 3.83. The zero-order valence-electron chi connectivity index (χ0n) is 11.8. The van der Waals surface area contributed by atoms with Crippen LogP contribution in [0.1, 0.15) is 38.7 Å². The number of nitrogens with one attached hydrogen (secondary N) is 1. The highest BCUT2D eigenvalue weighted by atomic mass is 35.5. The molecule has 0 bridgehead atoms. The molecule has 0 aliphatic rings. The summed E-state index contributed by atoms with van der Waals surface area (Å²) in [5, 5.41) is 3.12. The van der Waals surface area contributed by atoms with Gasteiger partial charge in [0.15, 0.2) is 5.15 Å². The van der Waals surface area contributed by atoms with Crippen LogP contribution in [-0.2, 0) is 4.79 Å². The van der Waals surface area contributed by atoms with Crippen molar-refractivity contribution in [3.8, 4) is 0 Å². The van der Waals surface area contributed by atoms with E-state index in [2.05, 4.69) is 24.1 Å². The van der Waals surface area contributed by atoms with Crippen molar-refractivity contribution >= 4 is 23.2 Å². The minimum absolute atomic E-state index is 0.0422. The van der Waals surface area contributed by atoms with Gasteiger partial charge in [0.2, 0.25) is 5.91 Å². The Labute approximate surface area is 119 Å². The normalized spacial score (nSPS) is 11.4. The summed E-state index contributed by atoms with van der Waals surface area (Å²) in [7, 11) is 0. The van der Waals surface area contributed by atoms with Crippen LogP contribution >= 0.6 is 11.6 Å². The van der Waals surface area contributed by atoms with E-state index in [-0.39, 0.29) is 11.3 Å². The molecule has 1 rings (SSSR count). The van der Waals surface area contributed by atoms with E-state index in [9.17, 15) is 4.79 Å². The highest BCUT2D eigenvalue weighted by molar-refractivity contribution is 6.32. The number of nitrogens with zero attached hydrogens (tertiary/aromatic N) is 1. The lowest BCUT2D eigenvalue weighted by Crippen LogP contribution is -2.20. The monoisotopic (exact) mass is 283 g/mol. The van der Waals surface area contributed by atoms with E-state index in [1.54, 1.807) is 6.20 Å². The lowest BCUT2D eigenvalue weighted by atomic mass is 9.84. The Bertz CT molecular complexity index is 446. The van der Waals surface area contributed by atoms with Crippen LogP contribution in [0.2, 0.25) is 5.15 Å². The highest BCUT2D eigenvalue weighted by Crippen LogP contribution is 2.26. The molecule has 0 aromatic carbocycles. The van der Waals surface area contributed by atoms with E-state index < -0.39 is 0 Å². The number of hydrogen-bond acceptors (Lipinski definition) is 3. The largest absolute Gasteiger partial charge is 0.330 e. The molecule has 1 amide bonds. The van der Waals surface area contributed by atoms with E-state index in [0.29, 0.717) is 23.8 Å². The fraction of sp³-hybridized carbons (Fsp3) is 0.571. The van der Waals surface area contributed by atoms with Crippen LogP contribution in [0, 0.1) is 12.3 Å². The lowest BCUT2D eigenvalue weighted by Gasteiger charge is -2.23. The van der Waals surface area contributed by atoms with Gasteiger partial charge >= 0.3 is 0 Å². The van der Waals surface area contributed by atoms with Gasteiger partial charge < -0.3 is 11.1 Å². The van der Waals surface area contributed by atoms with Crippen molar-refractivity contribution in [3.63, 3.8) is 0 Å². The van der Waals surface area contributed by atoms with Gasteiger partial charge in [-0.05, 0) is 43.4 Å². The first kappa shape index (κ1) is 15.9. The number of nitrogens with two attached hydrogens (primary N) is 1. The van der Waals surface area contributed by atoms with Crippen LogP contribution in [0.25, 0.3) is 0 Å². The standard InChI is InChI=1S/C14H22ClN3O/c1-10-8-11(13(15)17-9-10)18-12(19)4-5-14(2,3)6-7-16/h8-9H,4-7,16H2,1-3H3,(H,18,19). The Morgan fingerprint density at radius 3 is 2.79 bits per heavy atom. The number of halogens is 1. The molecule has 0 unspecified atom stereocenters. The molecule has 0 saturated heterocycles. The van der Waals surface area contributed by atoms with Crippen molar-refractivity contribution in [1.82, 2.24) is 4.98 Å². The predicted octanol–water partition coefficient (Wildman–Crippen LogP) is 3.14. The minimum atomic E-state index is -0.0422. The number of carbonyl (C=O) groups is 1. The van der Waals surface area contributed by atoms with Gasteiger partial charge in [0, 0.05) is 12.6 Å². The number of anilines is 1. The summed E-state index contributed by atoms with van der Waals surface area (Å²) in [6, 6.07) is 1.82. The Kier molecular flexibility index (Phi) is 5.76. The van der Waals surface area contributed by atoms with Crippen molar-refractivity contribution < 1.29 is 4.79 Å². The van der Waals surface area contributed by atoms with Gasteiger partial charge in [-0.15, -0.1) is 0 Å². The second-order valence-corrected chi connectivity index (χ2v) is 5.96. The van der Waals surface area contributed by atoms with Gasteiger partial charge in [0.25, 0.3) is 0 Å². The van der Waals surface area contributed by atoms with Crippen molar-refractivity contribution in [3.05, 3.63) is 23.0 Å². The van der Waals surface area contributed by atoms with Crippen LogP contribution in [0.15, 0.2) is 12.3 Å². The molecule has 106 valence electrons. The molecular formula is C14H22ClN3O. The van der Waals surface area contributed by atoms with Gasteiger partial charge in [-0.25, -0.2) is 4.98 Å². The van der Waals surface area contributed by atoms with Crippen molar-refractivity contribution in [2.24, 2.45) is 11.1 Å². The molecule has 5 heteroatoms. The average molecular weight is 284 g/mol. The van der Waals surface area contributed by atoms with Gasteiger partial charge in [0.05, 0.1) is 5.69 Å². The van der Waals surface area contributed by atoms with E-state index in [4.69, 9.17) is 17.3 Å². The number of carbonyl (C=O) groups excluding carboxylic acids is 1. The van der Waals surface area contributed by atoms with Crippen molar-refractivity contribution in [2.45, 2.75) is 40.0 Å². The molecule has 0 spiro atoms. The Morgan fingerprint density at radius 2 is 2.16 bits per heavy atom. The number of hydrogen-bond donors (Lipinski definition) is 2. The predicted molar refractivity (Wildman–Crippen MR) is 79.3 cm³/mol. The lowest BCUT2D eigenvalue weighted by molar-refractivity contribution is -0.116. The van der Waals surface area contributed by atoms with Gasteiger partial charge in [-0.2, -0.15) is 0 Å². The number of amides is 1. The number of aromatic nitrogens is 1. The molecule has 19 heavy (non-hydrogen) atoms. The number of aryl methyl sites for hydroxylation is 1. The quantitative estimate of drug-likeness (QED) is 0.788. The molecule has 1 heterocycles. The molecule has 0 radical (unpaired) electrons. The van der Waals surface area contributed by atoms with Gasteiger partial charge in [-0.1, -0.05) is 25.4 Å². The molecule has 3 N–H and O–H groups in total. The van der Waals surface area contributed by atoms with Gasteiger partial charge in [0.1, 0.15) is 0 Å². The topological polar surface area (TPSA) is 68.0 Å². The van der Waals surface area contributed by atoms with Crippen LogP contribution < -0.4 is 11.1 Å². The van der Waals surface area contributed by atoms with Crippen LogP contribution in [-0.4, -0.2) is 17.4 Å². The molecule has 4 nitrogen and oxygen atoms in total. The zero-order valence-corrected chi connectivity index (χ0v) is 12.5. The summed E-state index contributed by atoms with van der Waals surface area (Å²) in [4.78, 5) is 15.9. The fourth-order valence-electron chi connectivity index (χ4n) is 1.82. The molecule has 0 aliphatic carbocycles.